The minimum Gasteiger partial charge on any atom is -0.481 e. The number of methoxy groups -OCH3 is 1. The van der Waals surface area contributed by atoms with Crippen LogP contribution in [-0.2, 0) is 4.79 Å². The van der Waals surface area contributed by atoms with Crippen molar-refractivity contribution in [3.63, 3.8) is 0 Å². The van der Waals surface area contributed by atoms with Gasteiger partial charge in [0.25, 0.3) is 11.8 Å². The van der Waals surface area contributed by atoms with Crippen molar-refractivity contribution >= 4 is 17.8 Å². The minimum absolute atomic E-state index is 0.176. The first-order valence-electron chi connectivity index (χ1n) is 8.51. The van der Waals surface area contributed by atoms with Crippen LogP contribution in [-0.4, -0.2) is 35.4 Å². The number of hydrogen-bond acceptors (Lipinski definition) is 6. The summed E-state index contributed by atoms with van der Waals surface area (Å²) in [7, 11) is 1.48. The molecule has 0 fully saturated rings. The first-order valence-corrected chi connectivity index (χ1v) is 8.51. The molecule has 2 amide bonds. The van der Waals surface area contributed by atoms with Crippen LogP contribution in [0.3, 0.4) is 0 Å². The third-order valence-corrected chi connectivity index (χ3v) is 3.82. The van der Waals surface area contributed by atoms with Gasteiger partial charge in [-0.3, -0.25) is 20.4 Å². The van der Waals surface area contributed by atoms with E-state index in [2.05, 4.69) is 26.1 Å². The third-order valence-electron chi connectivity index (χ3n) is 3.82. The summed E-state index contributed by atoms with van der Waals surface area (Å²) in [6.07, 6.45) is 1.49. The Balaban J connectivity index is 1.48. The monoisotopic (exact) mass is 377 g/mol. The first kappa shape index (κ1) is 18.8. The molecule has 0 aliphatic rings. The van der Waals surface area contributed by atoms with Crippen LogP contribution in [0.15, 0.2) is 66.9 Å². The van der Waals surface area contributed by atoms with Crippen LogP contribution in [0.25, 0.3) is 11.1 Å². The van der Waals surface area contributed by atoms with Crippen LogP contribution in [0.2, 0.25) is 0 Å². The topological polar surface area (TPSA) is 105 Å². The minimum atomic E-state index is -0.444. The summed E-state index contributed by atoms with van der Waals surface area (Å²) in [4.78, 5) is 32.0. The van der Waals surface area contributed by atoms with Gasteiger partial charge in [0.2, 0.25) is 11.8 Å². The van der Waals surface area contributed by atoms with E-state index in [0.717, 1.165) is 11.1 Å². The highest BCUT2D eigenvalue weighted by molar-refractivity contribution is 5.96. The molecule has 0 saturated carbocycles. The fourth-order valence-corrected chi connectivity index (χ4v) is 2.39. The number of ether oxygens (including phenoxy) is 1. The highest BCUT2D eigenvalue weighted by Gasteiger charge is 2.09. The fraction of sp³-hybridized carbons (Fsp3) is 0.100. The molecule has 0 saturated heterocycles. The number of carbonyl (C=O) groups excluding carboxylic acids is 2. The maximum atomic E-state index is 12.2. The average Bonchev–Trinajstić information content (AvgIpc) is 2.77. The smallest absolute Gasteiger partial charge is 0.257 e. The van der Waals surface area contributed by atoms with Gasteiger partial charge in [-0.05, 0) is 23.3 Å². The number of amides is 2. The van der Waals surface area contributed by atoms with Gasteiger partial charge < -0.3 is 10.1 Å². The molecule has 0 radical (unpaired) electrons. The lowest BCUT2D eigenvalue weighted by Crippen LogP contribution is -2.39. The van der Waals surface area contributed by atoms with E-state index < -0.39 is 5.91 Å². The van der Waals surface area contributed by atoms with Crippen LogP contribution in [0.4, 0.5) is 5.95 Å². The molecule has 0 bridgehead atoms. The Morgan fingerprint density at radius 2 is 1.68 bits per heavy atom. The molecule has 1 aromatic heterocycles. The number of aromatic nitrogens is 2. The van der Waals surface area contributed by atoms with E-state index in [1.54, 1.807) is 18.2 Å². The van der Waals surface area contributed by atoms with Gasteiger partial charge in [-0.15, -0.1) is 0 Å². The zero-order valence-electron chi connectivity index (χ0n) is 15.2. The summed E-state index contributed by atoms with van der Waals surface area (Å²) in [6.45, 7) is -0.198. The van der Waals surface area contributed by atoms with Crippen molar-refractivity contribution in [3.05, 3.63) is 72.4 Å². The zero-order valence-corrected chi connectivity index (χ0v) is 15.2. The molecule has 0 unspecified atom stereocenters. The Bertz CT molecular complexity index is 946. The second-order valence-electron chi connectivity index (χ2n) is 5.72. The van der Waals surface area contributed by atoms with Gasteiger partial charge in [0.15, 0.2) is 0 Å². The average molecular weight is 377 g/mol. The summed E-state index contributed by atoms with van der Waals surface area (Å²) >= 11 is 0. The summed E-state index contributed by atoms with van der Waals surface area (Å²) in [6, 6.07) is 18.6. The molecular weight excluding hydrogens is 358 g/mol. The van der Waals surface area contributed by atoms with Crippen molar-refractivity contribution in [3.8, 4) is 17.0 Å². The predicted octanol–water partition coefficient (Wildman–Crippen LogP) is 2.03. The van der Waals surface area contributed by atoms with Gasteiger partial charge in [-0.1, -0.05) is 42.5 Å². The normalized spacial score (nSPS) is 10.0. The Morgan fingerprint density at radius 3 is 2.39 bits per heavy atom. The lowest BCUT2D eigenvalue weighted by Gasteiger charge is -2.09. The molecule has 8 nitrogen and oxygen atoms in total. The number of anilines is 1. The first-order chi connectivity index (χ1) is 13.7. The third kappa shape index (κ3) is 5.04. The SMILES string of the molecule is COc1ccnc(NNC(=O)CNC(=O)c2ccc(-c3ccccc3)cc2)n1. The standard InChI is InChI=1S/C20H19N5O3/c1-28-18-11-12-21-20(23-18)25-24-17(26)13-22-19(27)16-9-7-15(8-10-16)14-5-3-2-4-6-14/h2-12H,13H2,1H3,(H,22,27)(H,24,26)(H,21,23,25). The highest BCUT2D eigenvalue weighted by atomic mass is 16.5. The Kier molecular flexibility index (Phi) is 6.14. The number of benzene rings is 2. The van der Waals surface area contributed by atoms with Crippen molar-refractivity contribution in [2.24, 2.45) is 0 Å². The van der Waals surface area contributed by atoms with Crippen LogP contribution in [0.5, 0.6) is 5.88 Å². The van der Waals surface area contributed by atoms with E-state index in [0.29, 0.717) is 11.4 Å². The molecule has 1 heterocycles. The summed E-state index contributed by atoms with van der Waals surface area (Å²) in [5, 5.41) is 2.56. The van der Waals surface area contributed by atoms with E-state index >= 15 is 0 Å². The van der Waals surface area contributed by atoms with Crippen molar-refractivity contribution in [1.29, 1.82) is 0 Å². The second kappa shape index (κ2) is 9.13. The zero-order chi connectivity index (χ0) is 19.8. The Hall–Kier alpha value is -3.94. The largest absolute Gasteiger partial charge is 0.481 e. The highest BCUT2D eigenvalue weighted by Crippen LogP contribution is 2.19. The molecule has 142 valence electrons. The molecule has 8 heteroatoms. The van der Waals surface area contributed by atoms with E-state index in [4.69, 9.17) is 4.74 Å². The molecular formula is C20H19N5O3. The summed E-state index contributed by atoms with van der Waals surface area (Å²) < 4.78 is 4.97. The number of hydrazine groups is 1. The summed E-state index contributed by atoms with van der Waals surface area (Å²) in [5.74, 6) is -0.248. The van der Waals surface area contributed by atoms with E-state index in [9.17, 15) is 9.59 Å². The molecule has 0 aliphatic heterocycles. The molecule has 0 atom stereocenters. The lowest BCUT2D eigenvalue weighted by molar-refractivity contribution is -0.119. The van der Waals surface area contributed by atoms with Crippen molar-refractivity contribution in [2.75, 3.05) is 19.1 Å². The van der Waals surface area contributed by atoms with Crippen LogP contribution in [0.1, 0.15) is 10.4 Å². The van der Waals surface area contributed by atoms with E-state index in [1.807, 2.05) is 42.5 Å². The molecule has 2 aromatic carbocycles. The Morgan fingerprint density at radius 1 is 0.964 bits per heavy atom. The van der Waals surface area contributed by atoms with Gasteiger partial charge in [0, 0.05) is 17.8 Å². The van der Waals surface area contributed by atoms with Gasteiger partial charge >= 0.3 is 0 Å². The van der Waals surface area contributed by atoms with Gasteiger partial charge in [-0.2, -0.15) is 4.98 Å². The molecule has 28 heavy (non-hydrogen) atoms. The van der Waals surface area contributed by atoms with E-state index in [1.165, 1.54) is 13.3 Å². The van der Waals surface area contributed by atoms with Gasteiger partial charge in [-0.25, -0.2) is 4.98 Å². The number of nitrogens with zero attached hydrogens (tertiary/aromatic N) is 2. The molecule has 3 rings (SSSR count). The van der Waals surface area contributed by atoms with Crippen LogP contribution in [0, 0.1) is 0 Å². The number of nitrogens with one attached hydrogen (secondary N) is 3. The molecule has 3 aromatic rings. The second-order valence-corrected chi connectivity index (χ2v) is 5.72. The van der Waals surface area contributed by atoms with E-state index in [-0.39, 0.29) is 18.4 Å². The maximum absolute atomic E-state index is 12.2. The number of hydrogen-bond donors (Lipinski definition) is 3. The van der Waals surface area contributed by atoms with Crippen molar-refractivity contribution in [2.45, 2.75) is 0 Å². The molecule has 0 spiro atoms. The van der Waals surface area contributed by atoms with Gasteiger partial charge in [0.05, 0.1) is 13.7 Å². The number of carbonyl (C=O) groups is 2. The van der Waals surface area contributed by atoms with Crippen molar-refractivity contribution < 1.29 is 14.3 Å². The van der Waals surface area contributed by atoms with Crippen LogP contribution >= 0.6 is 0 Å². The van der Waals surface area contributed by atoms with Crippen LogP contribution < -0.4 is 20.9 Å². The van der Waals surface area contributed by atoms with Crippen molar-refractivity contribution in [1.82, 2.24) is 20.7 Å². The predicted molar refractivity (Wildman–Crippen MR) is 105 cm³/mol. The Labute approximate surface area is 162 Å². The molecule has 3 N–H and O–H groups in total. The number of rotatable bonds is 7. The fourth-order valence-electron chi connectivity index (χ4n) is 2.39. The maximum Gasteiger partial charge on any atom is 0.257 e. The summed E-state index contributed by atoms with van der Waals surface area (Å²) in [5.41, 5.74) is 7.51. The quantitative estimate of drug-likeness (QED) is 0.544. The molecule has 0 aliphatic carbocycles. The van der Waals surface area contributed by atoms with Gasteiger partial charge in [0.1, 0.15) is 0 Å². The lowest BCUT2D eigenvalue weighted by atomic mass is 10.0.